The minimum Gasteiger partial charge on any atom is -0.439 e. The maximum Gasteiger partial charge on any atom is 0.219 e. The number of nitrogens with zero attached hydrogens (tertiary/aromatic N) is 1. The smallest absolute Gasteiger partial charge is 0.219 e. The van der Waals surface area contributed by atoms with Crippen LogP contribution in [0.2, 0.25) is 0 Å². The second-order valence-electron chi connectivity index (χ2n) is 4.63. The van der Waals surface area contributed by atoms with Gasteiger partial charge in [-0.25, -0.2) is 13.4 Å². The molecule has 1 heterocycles. The predicted molar refractivity (Wildman–Crippen MR) is 81.2 cm³/mol. The lowest BCUT2D eigenvalue weighted by Gasteiger charge is -2.07. The Morgan fingerprint density at radius 2 is 1.86 bits per heavy atom. The van der Waals surface area contributed by atoms with Crippen molar-refractivity contribution in [3.63, 3.8) is 0 Å². The van der Waals surface area contributed by atoms with Crippen LogP contribution in [0.1, 0.15) is 12.5 Å². The Balaban J connectivity index is 2.04. The number of sulfone groups is 1. The molecule has 1 N–H and O–H groups in total. The number of hydrogen-bond donors (Lipinski definition) is 1. The molecule has 0 aliphatic rings. The zero-order valence-electron chi connectivity index (χ0n) is 12.0. The molecule has 0 bridgehead atoms. The lowest BCUT2D eigenvalue weighted by Crippen LogP contribution is -2.11. The van der Waals surface area contributed by atoms with E-state index >= 15 is 0 Å². The largest absolute Gasteiger partial charge is 0.439 e. The molecule has 0 aliphatic carbocycles. The molecule has 0 saturated heterocycles. The fourth-order valence-electron chi connectivity index (χ4n) is 1.72. The highest BCUT2D eigenvalue weighted by atomic mass is 32.2. The summed E-state index contributed by atoms with van der Waals surface area (Å²) in [6, 6.07) is 10.00. The monoisotopic (exact) mass is 306 g/mol. The molecule has 0 aliphatic heterocycles. The third-order valence-electron chi connectivity index (χ3n) is 2.85. The summed E-state index contributed by atoms with van der Waals surface area (Å²) in [5.74, 6) is 1.02. The average Bonchev–Trinajstić information content (AvgIpc) is 2.46. The minimum absolute atomic E-state index is 0.267. The molecule has 0 fully saturated rings. The van der Waals surface area contributed by atoms with E-state index in [9.17, 15) is 8.42 Å². The first-order valence-electron chi connectivity index (χ1n) is 6.62. The molecule has 1 aromatic heterocycles. The molecule has 1 aromatic carbocycles. The molecule has 6 heteroatoms. The first-order valence-corrected chi connectivity index (χ1v) is 8.52. The molecular formula is C15H18N2O3S. The summed E-state index contributed by atoms with van der Waals surface area (Å²) < 4.78 is 28.3. The summed E-state index contributed by atoms with van der Waals surface area (Å²) in [7, 11) is -3.19. The second kappa shape index (κ2) is 6.69. The van der Waals surface area contributed by atoms with Gasteiger partial charge in [-0.05, 0) is 36.4 Å². The van der Waals surface area contributed by atoms with Crippen LogP contribution < -0.4 is 10.1 Å². The summed E-state index contributed by atoms with van der Waals surface area (Å²) in [5, 5.41) is 3.22. The Labute approximate surface area is 124 Å². The number of pyridine rings is 1. The Morgan fingerprint density at radius 1 is 1.14 bits per heavy atom. The number of hydrogen-bond acceptors (Lipinski definition) is 5. The molecule has 5 nitrogen and oxygen atoms in total. The Kier molecular flexibility index (Phi) is 4.93. The molecule has 2 rings (SSSR count). The number of benzene rings is 1. The minimum atomic E-state index is -3.19. The zero-order valence-corrected chi connectivity index (χ0v) is 12.9. The summed E-state index contributed by atoms with van der Waals surface area (Å²) in [4.78, 5) is 4.48. The van der Waals surface area contributed by atoms with Crippen LogP contribution in [-0.4, -0.2) is 26.2 Å². The number of nitrogens with one attached hydrogen (secondary N) is 1. The highest BCUT2D eigenvalue weighted by molar-refractivity contribution is 7.90. The quantitative estimate of drug-likeness (QED) is 0.887. The van der Waals surface area contributed by atoms with Crippen LogP contribution in [0.5, 0.6) is 11.6 Å². The summed E-state index contributed by atoms with van der Waals surface area (Å²) in [5.41, 5.74) is 1.08. The average molecular weight is 306 g/mol. The Hall–Kier alpha value is -1.92. The maximum atomic E-state index is 11.4. The van der Waals surface area contributed by atoms with Gasteiger partial charge in [0.2, 0.25) is 5.88 Å². The van der Waals surface area contributed by atoms with E-state index in [1.807, 2.05) is 13.0 Å². The van der Waals surface area contributed by atoms with Crippen LogP contribution in [0.4, 0.5) is 0 Å². The van der Waals surface area contributed by atoms with Crippen LogP contribution in [-0.2, 0) is 16.4 Å². The van der Waals surface area contributed by atoms with E-state index in [1.165, 1.54) is 18.4 Å². The van der Waals surface area contributed by atoms with Crippen molar-refractivity contribution in [2.24, 2.45) is 0 Å². The van der Waals surface area contributed by atoms with Gasteiger partial charge in [0, 0.05) is 25.1 Å². The molecule has 0 amide bonds. The van der Waals surface area contributed by atoms with Crippen molar-refractivity contribution >= 4 is 9.84 Å². The Bertz CT molecular complexity index is 680. The predicted octanol–water partition coefficient (Wildman–Crippen LogP) is 2.39. The van der Waals surface area contributed by atoms with E-state index in [1.54, 1.807) is 24.4 Å². The van der Waals surface area contributed by atoms with Crippen LogP contribution >= 0.6 is 0 Å². The van der Waals surface area contributed by atoms with Gasteiger partial charge in [-0.2, -0.15) is 0 Å². The molecule has 0 spiro atoms. The first kappa shape index (κ1) is 15.5. The van der Waals surface area contributed by atoms with E-state index in [0.29, 0.717) is 11.6 Å². The van der Waals surface area contributed by atoms with Crippen molar-refractivity contribution in [3.8, 4) is 11.6 Å². The van der Waals surface area contributed by atoms with Crippen LogP contribution in [0.25, 0.3) is 0 Å². The van der Waals surface area contributed by atoms with Crippen LogP contribution in [0.3, 0.4) is 0 Å². The third-order valence-corrected chi connectivity index (χ3v) is 3.98. The molecule has 21 heavy (non-hydrogen) atoms. The van der Waals surface area contributed by atoms with E-state index in [2.05, 4.69) is 10.3 Å². The zero-order chi connectivity index (χ0) is 15.3. The fourth-order valence-corrected chi connectivity index (χ4v) is 2.35. The van der Waals surface area contributed by atoms with Gasteiger partial charge in [0.05, 0.1) is 4.90 Å². The maximum absolute atomic E-state index is 11.4. The summed E-state index contributed by atoms with van der Waals surface area (Å²) >= 11 is 0. The number of ether oxygens (including phenoxy) is 1. The van der Waals surface area contributed by atoms with Crippen molar-refractivity contribution in [1.82, 2.24) is 10.3 Å². The molecule has 2 aromatic rings. The van der Waals surface area contributed by atoms with Gasteiger partial charge in [-0.1, -0.05) is 13.0 Å². The van der Waals surface area contributed by atoms with Gasteiger partial charge in [0.25, 0.3) is 0 Å². The lowest BCUT2D eigenvalue weighted by atomic mass is 10.3. The van der Waals surface area contributed by atoms with Crippen molar-refractivity contribution in [2.75, 3.05) is 12.8 Å². The molecule has 0 radical (unpaired) electrons. The van der Waals surface area contributed by atoms with Crippen molar-refractivity contribution < 1.29 is 13.2 Å². The van der Waals surface area contributed by atoms with Crippen molar-refractivity contribution in [1.29, 1.82) is 0 Å². The van der Waals surface area contributed by atoms with Crippen LogP contribution in [0, 0.1) is 0 Å². The fraction of sp³-hybridized carbons (Fsp3) is 0.267. The second-order valence-corrected chi connectivity index (χ2v) is 6.65. The van der Waals surface area contributed by atoms with E-state index in [-0.39, 0.29) is 4.90 Å². The van der Waals surface area contributed by atoms with Crippen molar-refractivity contribution in [3.05, 3.63) is 48.2 Å². The van der Waals surface area contributed by atoms with Gasteiger partial charge in [0.1, 0.15) is 5.75 Å². The standard InChI is InChI=1S/C15H18N2O3S/c1-3-16-10-12-4-9-15(17-11-12)20-13-5-7-14(8-6-13)21(2,18)19/h4-9,11,16H,3,10H2,1-2H3. The van der Waals surface area contributed by atoms with Gasteiger partial charge < -0.3 is 10.1 Å². The number of rotatable bonds is 6. The summed E-state index contributed by atoms with van der Waals surface area (Å²) in [6.45, 7) is 3.73. The molecule has 112 valence electrons. The van der Waals surface area contributed by atoms with Gasteiger partial charge in [-0.3, -0.25) is 0 Å². The van der Waals surface area contributed by atoms with Crippen LogP contribution in [0.15, 0.2) is 47.5 Å². The Morgan fingerprint density at radius 3 is 2.38 bits per heavy atom. The highest BCUT2D eigenvalue weighted by Gasteiger charge is 2.07. The molecule has 0 atom stereocenters. The van der Waals surface area contributed by atoms with Gasteiger partial charge in [0.15, 0.2) is 9.84 Å². The molecule has 0 unspecified atom stereocenters. The van der Waals surface area contributed by atoms with E-state index < -0.39 is 9.84 Å². The first-order chi connectivity index (χ1) is 9.99. The third kappa shape index (κ3) is 4.54. The van der Waals surface area contributed by atoms with Gasteiger partial charge in [-0.15, -0.1) is 0 Å². The summed E-state index contributed by atoms with van der Waals surface area (Å²) in [6.07, 6.45) is 2.93. The normalized spacial score (nSPS) is 11.3. The lowest BCUT2D eigenvalue weighted by molar-refractivity contribution is 0.462. The molecule has 0 saturated carbocycles. The van der Waals surface area contributed by atoms with Crippen molar-refractivity contribution in [2.45, 2.75) is 18.4 Å². The van der Waals surface area contributed by atoms with E-state index in [0.717, 1.165) is 18.7 Å². The van der Waals surface area contributed by atoms with Gasteiger partial charge >= 0.3 is 0 Å². The van der Waals surface area contributed by atoms with E-state index in [4.69, 9.17) is 4.74 Å². The number of aromatic nitrogens is 1. The SMILES string of the molecule is CCNCc1ccc(Oc2ccc(S(C)(=O)=O)cc2)nc1. The topological polar surface area (TPSA) is 68.3 Å². The highest BCUT2D eigenvalue weighted by Crippen LogP contribution is 2.21. The molecular weight excluding hydrogens is 288 g/mol.